The summed E-state index contributed by atoms with van der Waals surface area (Å²) in [6.45, 7) is 3.37. The molecule has 0 aromatic heterocycles. The number of hydrogen-bond donors (Lipinski definition) is 2. The largest absolute Gasteiger partial charge is 0.480 e. The molecular formula is C12H15F2NO2S. The Morgan fingerprint density at radius 2 is 1.89 bits per heavy atom. The lowest BCUT2D eigenvalue weighted by atomic mass is 10.1. The van der Waals surface area contributed by atoms with E-state index in [0.717, 1.165) is 6.07 Å². The van der Waals surface area contributed by atoms with E-state index in [4.69, 9.17) is 10.8 Å². The monoisotopic (exact) mass is 275 g/mol. The molecule has 6 heteroatoms. The van der Waals surface area contributed by atoms with Crippen molar-refractivity contribution >= 4 is 17.7 Å². The molecule has 1 atom stereocenters. The average Bonchev–Trinajstić information content (AvgIpc) is 2.24. The first-order valence-corrected chi connectivity index (χ1v) is 6.28. The standard InChI is InChI=1S/C12H15F2NO2S/c1-12(2,10(15)11(16)17)18-6-7-3-8(13)5-9(14)4-7/h3-5,10H,6,15H2,1-2H3,(H,16,17)/t10-/m0/s1. The van der Waals surface area contributed by atoms with Crippen molar-refractivity contribution in [3.05, 3.63) is 35.4 Å². The smallest absolute Gasteiger partial charge is 0.321 e. The van der Waals surface area contributed by atoms with Crippen molar-refractivity contribution in [2.24, 2.45) is 5.73 Å². The van der Waals surface area contributed by atoms with Gasteiger partial charge in [0.2, 0.25) is 0 Å². The number of benzene rings is 1. The van der Waals surface area contributed by atoms with E-state index in [1.807, 2.05) is 0 Å². The molecule has 0 aliphatic rings. The first kappa shape index (κ1) is 14.9. The molecule has 0 fully saturated rings. The van der Waals surface area contributed by atoms with Gasteiger partial charge in [0.1, 0.15) is 17.7 Å². The summed E-state index contributed by atoms with van der Waals surface area (Å²) >= 11 is 1.25. The lowest BCUT2D eigenvalue weighted by Crippen LogP contribution is -2.46. The molecule has 0 aliphatic carbocycles. The van der Waals surface area contributed by atoms with E-state index < -0.39 is 28.4 Å². The summed E-state index contributed by atoms with van der Waals surface area (Å²) in [5.74, 6) is -2.10. The Labute approximate surface area is 108 Å². The third-order valence-corrected chi connectivity index (χ3v) is 4.02. The molecular weight excluding hydrogens is 260 g/mol. The Morgan fingerprint density at radius 1 is 1.39 bits per heavy atom. The van der Waals surface area contributed by atoms with E-state index in [1.165, 1.54) is 23.9 Å². The van der Waals surface area contributed by atoms with Crippen molar-refractivity contribution in [2.75, 3.05) is 0 Å². The molecule has 100 valence electrons. The highest BCUT2D eigenvalue weighted by Gasteiger charge is 2.32. The molecule has 0 saturated heterocycles. The van der Waals surface area contributed by atoms with Gasteiger partial charge in [-0.15, -0.1) is 11.8 Å². The Bertz CT molecular complexity index is 431. The van der Waals surface area contributed by atoms with Crippen LogP contribution in [0, 0.1) is 11.6 Å². The fraction of sp³-hybridized carbons (Fsp3) is 0.417. The molecule has 3 nitrogen and oxygen atoms in total. The van der Waals surface area contributed by atoms with Crippen molar-refractivity contribution < 1.29 is 18.7 Å². The number of rotatable bonds is 5. The Balaban J connectivity index is 2.72. The number of carboxylic acids is 1. The maximum atomic E-state index is 13.0. The van der Waals surface area contributed by atoms with Gasteiger partial charge in [-0.05, 0) is 31.5 Å². The van der Waals surface area contributed by atoms with Gasteiger partial charge in [-0.25, -0.2) is 8.78 Å². The second-order valence-corrected chi connectivity index (χ2v) is 6.12. The van der Waals surface area contributed by atoms with E-state index in [1.54, 1.807) is 13.8 Å². The summed E-state index contributed by atoms with van der Waals surface area (Å²) in [7, 11) is 0. The van der Waals surface area contributed by atoms with E-state index in [9.17, 15) is 13.6 Å². The Hall–Kier alpha value is -1.14. The van der Waals surface area contributed by atoms with Crippen molar-refractivity contribution in [1.82, 2.24) is 0 Å². The van der Waals surface area contributed by atoms with Gasteiger partial charge in [0.15, 0.2) is 0 Å². The lowest BCUT2D eigenvalue weighted by molar-refractivity contribution is -0.139. The topological polar surface area (TPSA) is 63.3 Å². The number of aliphatic carboxylic acids is 1. The van der Waals surface area contributed by atoms with Crippen LogP contribution in [-0.4, -0.2) is 21.9 Å². The fourth-order valence-electron chi connectivity index (χ4n) is 1.35. The predicted octanol–water partition coefficient (Wildman–Crippen LogP) is 2.39. The molecule has 1 rings (SSSR count). The van der Waals surface area contributed by atoms with Crippen LogP contribution in [0.4, 0.5) is 8.78 Å². The van der Waals surface area contributed by atoms with Gasteiger partial charge >= 0.3 is 5.97 Å². The summed E-state index contributed by atoms with van der Waals surface area (Å²) < 4.78 is 25.2. The Morgan fingerprint density at radius 3 is 2.33 bits per heavy atom. The second kappa shape index (κ2) is 5.67. The highest BCUT2D eigenvalue weighted by atomic mass is 32.2. The number of nitrogens with two attached hydrogens (primary N) is 1. The summed E-state index contributed by atoms with van der Waals surface area (Å²) in [4.78, 5) is 10.8. The third-order valence-electron chi connectivity index (χ3n) is 2.55. The number of halogens is 2. The van der Waals surface area contributed by atoms with Crippen LogP contribution in [0.15, 0.2) is 18.2 Å². The molecule has 0 radical (unpaired) electrons. The highest BCUT2D eigenvalue weighted by Crippen LogP contribution is 2.31. The fourth-order valence-corrected chi connectivity index (χ4v) is 2.34. The quantitative estimate of drug-likeness (QED) is 0.866. The van der Waals surface area contributed by atoms with Crippen molar-refractivity contribution in [1.29, 1.82) is 0 Å². The number of carboxylic acid groups (broad SMARTS) is 1. The molecule has 0 heterocycles. The molecule has 3 N–H and O–H groups in total. The number of thioether (sulfide) groups is 1. The maximum Gasteiger partial charge on any atom is 0.321 e. The minimum atomic E-state index is -1.10. The van der Waals surface area contributed by atoms with E-state index >= 15 is 0 Å². The van der Waals surface area contributed by atoms with Crippen LogP contribution in [-0.2, 0) is 10.5 Å². The number of hydrogen-bond acceptors (Lipinski definition) is 3. The highest BCUT2D eigenvalue weighted by molar-refractivity contribution is 7.99. The number of carbonyl (C=O) groups is 1. The van der Waals surface area contributed by atoms with Gasteiger partial charge in [-0.1, -0.05) is 0 Å². The van der Waals surface area contributed by atoms with Gasteiger partial charge < -0.3 is 10.8 Å². The van der Waals surface area contributed by atoms with Gasteiger partial charge in [0.05, 0.1) is 0 Å². The zero-order chi connectivity index (χ0) is 13.9. The summed E-state index contributed by atoms with van der Waals surface area (Å²) in [5.41, 5.74) is 6.01. The molecule has 0 amide bonds. The first-order valence-electron chi connectivity index (χ1n) is 5.29. The summed E-state index contributed by atoms with van der Waals surface area (Å²) in [6, 6.07) is 2.19. The third kappa shape index (κ3) is 3.96. The molecule has 1 aromatic carbocycles. The van der Waals surface area contributed by atoms with Crippen molar-refractivity contribution in [3.8, 4) is 0 Å². The van der Waals surface area contributed by atoms with E-state index in [-0.39, 0.29) is 0 Å². The molecule has 0 bridgehead atoms. The van der Waals surface area contributed by atoms with Gasteiger partial charge in [0.25, 0.3) is 0 Å². The Kier molecular flexibility index (Phi) is 4.70. The predicted molar refractivity (Wildman–Crippen MR) is 67.3 cm³/mol. The molecule has 0 aliphatic heterocycles. The molecule has 0 unspecified atom stereocenters. The summed E-state index contributed by atoms with van der Waals surface area (Å²) in [5, 5.41) is 8.84. The minimum absolute atomic E-state index is 0.294. The van der Waals surface area contributed by atoms with Crippen molar-refractivity contribution in [2.45, 2.75) is 30.4 Å². The van der Waals surface area contributed by atoms with Crippen LogP contribution >= 0.6 is 11.8 Å². The molecule has 1 aromatic rings. The first-order chi connectivity index (χ1) is 8.22. The van der Waals surface area contributed by atoms with Gasteiger partial charge in [-0.3, -0.25) is 4.79 Å². The molecule has 0 saturated carbocycles. The second-order valence-electron chi connectivity index (χ2n) is 4.49. The van der Waals surface area contributed by atoms with Crippen LogP contribution < -0.4 is 5.73 Å². The maximum absolute atomic E-state index is 13.0. The SMILES string of the molecule is CC(C)(SCc1cc(F)cc(F)c1)[C@@H](N)C(=O)O. The molecule has 0 spiro atoms. The van der Waals surface area contributed by atoms with Crippen LogP contribution in [0.2, 0.25) is 0 Å². The average molecular weight is 275 g/mol. The van der Waals surface area contributed by atoms with Crippen molar-refractivity contribution in [3.63, 3.8) is 0 Å². The van der Waals surface area contributed by atoms with Gasteiger partial charge in [0, 0.05) is 16.6 Å². The van der Waals surface area contributed by atoms with Gasteiger partial charge in [-0.2, -0.15) is 0 Å². The van der Waals surface area contributed by atoms with Crippen LogP contribution in [0.3, 0.4) is 0 Å². The normalized spacial score (nSPS) is 13.4. The van der Waals surface area contributed by atoms with Crippen LogP contribution in [0.5, 0.6) is 0 Å². The van der Waals surface area contributed by atoms with E-state index in [2.05, 4.69) is 0 Å². The lowest BCUT2D eigenvalue weighted by Gasteiger charge is -2.28. The van der Waals surface area contributed by atoms with Crippen LogP contribution in [0.25, 0.3) is 0 Å². The zero-order valence-electron chi connectivity index (χ0n) is 10.1. The van der Waals surface area contributed by atoms with Crippen LogP contribution in [0.1, 0.15) is 19.4 Å². The van der Waals surface area contributed by atoms with E-state index in [0.29, 0.717) is 11.3 Å². The minimum Gasteiger partial charge on any atom is -0.480 e. The molecule has 18 heavy (non-hydrogen) atoms. The summed E-state index contributed by atoms with van der Waals surface area (Å²) in [6.07, 6.45) is 0. The zero-order valence-corrected chi connectivity index (χ0v) is 10.9.